The van der Waals surface area contributed by atoms with Gasteiger partial charge in [0, 0.05) is 30.0 Å². The van der Waals surface area contributed by atoms with Crippen LogP contribution in [0.1, 0.15) is 29.9 Å². The van der Waals surface area contributed by atoms with Gasteiger partial charge in [-0.3, -0.25) is 4.79 Å². The standard InChI is InChI=1S/C20H20ClN3O2/c1-14-5-2-3-6-17(14)20-23-19(26-24-20)8-4-7-18(25)22-13-15-9-11-16(21)12-10-15/h2-3,5-6,9-12H,4,7-8,13H2,1H3,(H,22,25). The van der Waals surface area contributed by atoms with Crippen molar-refractivity contribution < 1.29 is 9.32 Å². The number of benzene rings is 2. The van der Waals surface area contributed by atoms with Crippen LogP contribution in [0.4, 0.5) is 0 Å². The first-order valence-electron chi connectivity index (χ1n) is 8.51. The Hall–Kier alpha value is -2.66. The molecule has 0 unspecified atom stereocenters. The number of nitrogens with one attached hydrogen (secondary N) is 1. The molecular weight excluding hydrogens is 350 g/mol. The van der Waals surface area contributed by atoms with Crippen LogP contribution >= 0.6 is 11.6 Å². The molecule has 0 spiro atoms. The van der Waals surface area contributed by atoms with Gasteiger partial charge >= 0.3 is 0 Å². The van der Waals surface area contributed by atoms with E-state index in [1.165, 1.54) is 0 Å². The van der Waals surface area contributed by atoms with Crippen molar-refractivity contribution in [2.24, 2.45) is 0 Å². The van der Waals surface area contributed by atoms with E-state index in [1.807, 2.05) is 55.5 Å². The van der Waals surface area contributed by atoms with Crippen LogP contribution in [-0.4, -0.2) is 16.0 Å². The number of halogens is 1. The van der Waals surface area contributed by atoms with Crippen molar-refractivity contribution in [1.29, 1.82) is 0 Å². The summed E-state index contributed by atoms with van der Waals surface area (Å²) in [4.78, 5) is 16.4. The van der Waals surface area contributed by atoms with Gasteiger partial charge in [0.2, 0.25) is 17.6 Å². The Morgan fingerprint density at radius 3 is 2.69 bits per heavy atom. The fourth-order valence-electron chi connectivity index (χ4n) is 2.58. The van der Waals surface area contributed by atoms with E-state index in [1.54, 1.807) is 0 Å². The van der Waals surface area contributed by atoms with Crippen LogP contribution in [0.2, 0.25) is 5.02 Å². The van der Waals surface area contributed by atoms with Crippen LogP contribution in [0.25, 0.3) is 11.4 Å². The van der Waals surface area contributed by atoms with E-state index in [0.29, 0.717) is 42.5 Å². The highest BCUT2D eigenvalue weighted by Gasteiger charge is 2.11. The monoisotopic (exact) mass is 369 g/mol. The Labute approximate surface area is 157 Å². The third-order valence-corrected chi connectivity index (χ3v) is 4.30. The molecule has 0 aliphatic rings. The molecule has 1 amide bonds. The summed E-state index contributed by atoms with van der Waals surface area (Å²) >= 11 is 5.84. The fourth-order valence-corrected chi connectivity index (χ4v) is 2.71. The van der Waals surface area contributed by atoms with Gasteiger partial charge in [-0.2, -0.15) is 4.98 Å². The molecular formula is C20H20ClN3O2. The number of aryl methyl sites for hydroxylation is 2. The van der Waals surface area contributed by atoms with E-state index in [-0.39, 0.29) is 5.91 Å². The molecule has 0 radical (unpaired) electrons. The molecule has 3 rings (SSSR count). The molecule has 26 heavy (non-hydrogen) atoms. The van der Waals surface area contributed by atoms with Crippen molar-refractivity contribution in [1.82, 2.24) is 15.5 Å². The molecule has 3 aromatic rings. The van der Waals surface area contributed by atoms with Crippen molar-refractivity contribution in [3.8, 4) is 11.4 Å². The summed E-state index contributed by atoms with van der Waals surface area (Å²) in [6.45, 7) is 2.50. The topological polar surface area (TPSA) is 68.0 Å². The average molecular weight is 370 g/mol. The molecule has 1 aromatic heterocycles. The van der Waals surface area contributed by atoms with Gasteiger partial charge in [-0.1, -0.05) is 53.2 Å². The van der Waals surface area contributed by atoms with Gasteiger partial charge in [-0.15, -0.1) is 0 Å². The number of rotatable bonds is 7. The van der Waals surface area contributed by atoms with Gasteiger partial charge in [0.1, 0.15) is 0 Å². The van der Waals surface area contributed by atoms with Gasteiger partial charge in [-0.05, 0) is 36.6 Å². The summed E-state index contributed by atoms with van der Waals surface area (Å²) in [5.41, 5.74) is 3.08. The highest BCUT2D eigenvalue weighted by Crippen LogP contribution is 2.20. The lowest BCUT2D eigenvalue weighted by atomic mass is 10.1. The van der Waals surface area contributed by atoms with E-state index >= 15 is 0 Å². The summed E-state index contributed by atoms with van der Waals surface area (Å²) in [5, 5.41) is 7.61. The van der Waals surface area contributed by atoms with Gasteiger partial charge in [0.05, 0.1) is 0 Å². The lowest BCUT2D eigenvalue weighted by molar-refractivity contribution is -0.121. The van der Waals surface area contributed by atoms with Crippen LogP contribution in [0.5, 0.6) is 0 Å². The van der Waals surface area contributed by atoms with E-state index in [2.05, 4.69) is 15.5 Å². The van der Waals surface area contributed by atoms with Crippen LogP contribution in [0.3, 0.4) is 0 Å². The predicted octanol–water partition coefficient (Wildman–Crippen LogP) is 4.34. The fraction of sp³-hybridized carbons (Fsp3) is 0.250. The summed E-state index contributed by atoms with van der Waals surface area (Å²) in [6, 6.07) is 15.3. The molecule has 1 N–H and O–H groups in total. The quantitative estimate of drug-likeness (QED) is 0.672. The maximum atomic E-state index is 11.9. The molecule has 0 atom stereocenters. The summed E-state index contributed by atoms with van der Waals surface area (Å²) in [7, 11) is 0. The first-order chi connectivity index (χ1) is 12.6. The lowest BCUT2D eigenvalue weighted by Crippen LogP contribution is -2.22. The Morgan fingerprint density at radius 1 is 1.15 bits per heavy atom. The molecule has 6 heteroatoms. The SMILES string of the molecule is Cc1ccccc1-c1noc(CCCC(=O)NCc2ccc(Cl)cc2)n1. The Bertz CT molecular complexity index is 875. The zero-order valence-electron chi connectivity index (χ0n) is 14.5. The van der Waals surface area contributed by atoms with E-state index < -0.39 is 0 Å². The van der Waals surface area contributed by atoms with E-state index in [0.717, 1.165) is 16.7 Å². The third kappa shape index (κ3) is 4.92. The largest absolute Gasteiger partial charge is 0.352 e. The zero-order valence-corrected chi connectivity index (χ0v) is 15.3. The summed E-state index contributed by atoms with van der Waals surface area (Å²) < 4.78 is 5.29. The van der Waals surface area contributed by atoms with Gasteiger partial charge in [0.25, 0.3) is 0 Å². The smallest absolute Gasteiger partial charge is 0.226 e. The Balaban J connectivity index is 1.44. The zero-order chi connectivity index (χ0) is 18.4. The van der Waals surface area contributed by atoms with Crippen LogP contribution in [0, 0.1) is 6.92 Å². The Kier molecular flexibility index (Phi) is 6.02. The highest BCUT2D eigenvalue weighted by molar-refractivity contribution is 6.30. The first kappa shape index (κ1) is 18.1. The van der Waals surface area contributed by atoms with Crippen molar-refractivity contribution in [3.05, 3.63) is 70.6 Å². The van der Waals surface area contributed by atoms with Gasteiger partial charge < -0.3 is 9.84 Å². The normalized spacial score (nSPS) is 10.7. The number of amides is 1. The second kappa shape index (κ2) is 8.63. The molecule has 0 bridgehead atoms. The first-order valence-corrected chi connectivity index (χ1v) is 8.89. The third-order valence-electron chi connectivity index (χ3n) is 4.05. The van der Waals surface area contributed by atoms with Crippen molar-refractivity contribution in [2.75, 3.05) is 0 Å². The second-order valence-electron chi connectivity index (χ2n) is 6.08. The average Bonchev–Trinajstić information content (AvgIpc) is 3.10. The number of hydrogen-bond acceptors (Lipinski definition) is 4. The molecule has 2 aromatic carbocycles. The minimum atomic E-state index is -0.00130. The van der Waals surface area contributed by atoms with Crippen LogP contribution in [0.15, 0.2) is 53.1 Å². The van der Waals surface area contributed by atoms with E-state index in [4.69, 9.17) is 16.1 Å². The number of carbonyl (C=O) groups excluding carboxylic acids is 1. The maximum Gasteiger partial charge on any atom is 0.226 e. The molecule has 5 nitrogen and oxygen atoms in total. The Morgan fingerprint density at radius 2 is 1.92 bits per heavy atom. The molecule has 0 fully saturated rings. The predicted molar refractivity (Wildman–Crippen MR) is 101 cm³/mol. The molecule has 0 saturated heterocycles. The molecule has 0 aliphatic heterocycles. The summed E-state index contributed by atoms with van der Waals surface area (Å²) in [5.74, 6) is 1.14. The minimum absolute atomic E-state index is 0.00130. The molecule has 1 heterocycles. The molecule has 0 aliphatic carbocycles. The number of nitrogens with zero attached hydrogens (tertiary/aromatic N) is 2. The van der Waals surface area contributed by atoms with Crippen LogP contribution in [-0.2, 0) is 17.8 Å². The minimum Gasteiger partial charge on any atom is -0.352 e. The number of hydrogen-bond donors (Lipinski definition) is 1. The van der Waals surface area contributed by atoms with Gasteiger partial charge in [0.15, 0.2) is 0 Å². The van der Waals surface area contributed by atoms with Crippen molar-refractivity contribution in [3.63, 3.8) is 0 Å². The van der Waals surface area contributed by atoms with Crippen molar-refractivity contribution >= 4 is 17.5 Å². The van der Waals surface area contributed by atoms with E-state index in [9.17, 15) is 4.79 Å². The number of carbonyl (C=O) groups is 1. The highest BCUT2D eigenvalue weighted by atomic mass is 35.5. The molecule has 134 valence electrons. The molecule has 0 saturated carbocycles. The lowest BCUT2D eigenvalue weighted by Gasteiger charge is -2.04. The number of aromatic nitrogens is 2. The van der Waals surface area contributed by atoms with Crippen molar-refractivity contribution in [2.45, 2.75) is 32.7 Å². The summed E-state index contributed by atoms with van der Waals surface area (Å²) in [6.07, 6.45) is 1.64. The second-order valence-corrected chi connectivity index (χ2v) is 6.52. The maximum absolute atomic E-state index is 11.9. The van der Waals surface area contributed by atoms with Crippen LogP contribution < -0.4 is 5.32 Å². The van der Waals surface area contributed by atoms with Gasteiger partial charge in [-0.25, -0.2) is 0 Å².